The van der Waals surface area contributed by atoms with Gasteiger partial charge in [0.15, 0.2) is 0 Å². The average molecular weight is 276 g/mol. The molecule has 0 saturated carbocycles. The highest BCUT2D eigenvalue weighted by molar-refractivity contribution is 7.99. The molecule has 0 unspecified atom stereocenters. The Morgan fingerprint density at radius 3 is 2.88 bits per heavy atom. The van der Waals surface area contributed by atoms with Crippen LogP contribution in [0.2, 0.25) is 0 Å². The van der Waals surface area contributed by atoms with Crippen molar-refractivity contribution >= 4 is 34.3 Å². The molecule has 0 radical (unpaired) electrons. The maximum absolute atomic E-state index is 11.4. The maximum Gasteiger partial charge on any atom is 0.316 e. The predicted octanol–water partition coefficient (Wildman–Crippen LogP) is 1.40. The normalized spacial score (nSPS) is 11.3. The van der Waals surface area contributed by atoms with E-state index in [0.717, 1.165) is 10.7 Å². The molecule has 0 aliphatic rings. The van der Waals surface area contributed by atoms with E-state index in [9.17, 15) is 4.79 Å². The predicted molar refractivity (Wildman–Crippen MR) is 69.7 cm³/mol. The highest BCUT2D eigenvalue weighted by atomic mass is 32.2. The van der Waals surface area contributed by atoms with Gasteiger partial charge in [0.25, 0.3) is 0 Å². The molecule has 17 heavy (non-hydrogen) atoms. The fourth-order valence-corrected chi connectivity index (χ4v) is 2.32. The van der Waals surface area contributed by atoms with Crippen LogP contribution in [0.3, 0.4) is 0 Å². The molecule has 0 fully saturated rings. The molecule has 0 amide bonds. The minimum atomic E-state index is -0.441. The summed E-state index contributed by atoms with van der Waals surface area (Å²) < 4.78 is 8.95. The van der Waals surface area contributed by atoms with Gasteiger partial charge in [-0.3, -0.25) is 4.79 Å². The van der Waals surface area contributed by atoms with Gasteiger partial charge in [0.2, 0.25) is 0 Å². The Morgan fingerprint density at radius 2 is 2.29 bits per heavy atom. The second-order valence-corrected chi connectivity index (χ2v) is 6.01. The van der Waals surface area contributed by atoms with Crippen molar-refractivity contribution in [3.63, 3.8) is 0 Å². The SMILES string of the molecule is CC(C)(C)OC(=O)CSCc1nnsc1NN. The van der Waals surface area contributed by atoms with E-state index in [2.05, 4.69) is 15.0 Å². The number of hydrogen-bond donors (Lipinski definition) is 2. The molecule has 1 aromatic heterocycles. The molecule has 8 heteroatoms. The van der Waals surface area contributed by atoms with Crippen LogP contribution in [0, 0.1) is 0 Å². The molecule has 1 rings (SSSR count). The Labute approximate surface area is 108 Å². The third-order valence-corrected chi connectivity index (χ3v) is 3.18. The summed E-state index contributed by atoms with van der Waals surface area (Å²) in [6.07, 6.45) is 0. The second kappa shape index (κ2) is 6.18. The molecule has 1 heterocycles. The van der Waals surface area contributed by atoms with Crippen LogP contribution in [0.25, 0.3) is 0 Å². The van der Waals surface area contributed by atoms with Gasteiger partial charge in [0, 0.05) is 17.3 Å². The number of esters is 1. The smallest absolute Gasteiger partial charge is 0.316 e. The molecule has 0 spiro atoms. The highest BCUT2D eigenvalue weighted by Crippen LogP contribution is 2.21. The van der Waals surface area contributed by atoms with E-state index in [-0.39, 0.29) is 5.97 Å². The molecule has 0 aliphatic carbocycles. The Kier molecular flexibility index (Phi) is 5.16. The summed E-state index contributed by atoms with van der Waals surface area (Å²) in [4.78, 5) is 11.4. The molecule has 3 N–H and O–H groups in total. The van der Waals surface area contributed by atoms with Gasteiger partial charge >= 0.3 is 5.97 Å². The van der Waals surface area contributed by atoms with Crippen LogP contribution in [0.1, 0.15) is 26.5 Å². The zero-order valence-corrected chi connectivity index (χ0v) is 11.7. The van der Waals surface area contributed by atoms with Gasteiger partial charge in [-0.15, -0.1) is 16.9 Å². The van der Waals surface area contributed by atoms with Gasteiger partial charge < -0.3 is 10.2 Å². The van der Waals surface area contributed by atoms with Crippen molar-refractivity contribution < 1.29 is 9.53 Å². The fraction of sp³-hybridized carbons (Fsp3) is 0.667. The van der Waals surface area contributed by atoms with Gasteiger partial charge in [-0.25, -0.2) is 5.84 Å². The lowest BCUT2D eigenvalue weighted by atomic mass is 10.2. The number of hydrogen-bond acceptors (Lipinski definition) is 8. The summed E-state index contributed by atoms with van der Waals surface area (Å²) in [7, 11) is 0. The standard InChI is InChI=1S/C9H16N4O2S2/c1-9(2,3)15-7(14)5-16-4-6-8(11-10)17-13-12-6/h11H,4-5,10H2,1-3H3. The number of anilines is 1. The van der Waals surface area contributed by atoms with E-state index in [1.807, 2.05) is 20.8 Å². The number of nitrogen functional groups attached to an aromatic ring is 1. The first-order valence-corrected chi connectivity index (χ1v) is 6.92. The topological polar surface area (TPSA) is 90.1 Å². The Hall–Kier alpha value is -0.860. The summed E-state index contributed by atoms with van der Waals surface area (Å²) in [5, 5.41) is 4.64. The van der Waals surface area contributed by atoms with Crippen molar-refractivity contribution in [2.45, 2.75) is 32.1 Å². The Balaban J connectivity index is 2.31. The Morgan fingerprint density at radius 1 is 1.59 bits per heavy atom. The third-order valence-electron chi connectivity index (χ3n) is 1.57. The van der Waals surface area contributed by atoms with Crippen molar-refractivity contribution in [1.29, 1.82) is 0 Å². The number of hydrazine groups is 1. The number of nitrogens with one attached hydrogen (secondary N) is 1. The van der Waals surface area contributed by atoms with E-state index in [0.29, 0.717) is 11.5 Å². The minimum Gasteiger partial charge on any atom is -0.459 e. The van der Waals surface area contributed by atoms with Crippen molar-refractivity contribution in [3.05, 3.63) is 5.69 Å². The first-order valence-electron chi connectivity index (χ1n) is 5.00. The molecule has 0 aliphatic heterocycles. The lowest BCUT2D eigenvalue weighted by Crippen LogP contribution is -2.24. The maximum atomic E-state index is 11.4. The molecule has 0 atom stereocenters. The third kappa shape index (κ3) is 5.33. The zero-order valence-electron chi connectivity index (χ0n) is 10.0. The summed E-state index contributed by atoms with van der Waals surface area (Å²) in [6.45, 7) is 5.53. The number of thioether (sulfide) groups is 1. The molecule has 96 valence electrons. The first-order chi connectivity index (χ1) is 7.92. The summed E-state index contributed by atoms with van der Waals surface area (Å²) in [5.74, 6) is 5.93. The number of nitrogens with two attached hydrogens (primary N) is 1. The van der Waals surface area contributed by atoms with E-state index in [1.165, 1.54) is 23.3 Å². The van der Waals surface area contributed by atoms with Gasteiger partial charge in [0.1, 0.15) is 16.3 Å². The molecule has 0 aromatic carbocycles. The monoisotopic (exact) mass is 276 g/mol. The van der Waals surface area contributed by atoms with Crippen molar-refractivity contribution in [3.8, 4) is 0 Å². The highest BCUT2D eigenvalue weighted by Gasteiger charge is 2.16. The molecular weight excluding hydrogens is 260 g/mol. The van der Waals surface area contributed by atoms with Crippen LogP contribution in [-0.4, -0.2) is 26.9 Å². The molecule has 1 aromatic rings. The average Bonchev–Trinajstić information content (AvgIpc) is 2.62. The largest absolute Gasteiger partial charge is 0.459 e. The lowest BCUT2D eigenvalue weighted by Gasteiger charge is -2.19. The van der Waals surface area contributed by atoms with E-state index < -0.39 is 5.60 Å². The summed E-state index contributed by atoms with van der Waals surface area (Å²) in [5.41, 5.74) is 2.83. The number of aromatic nitrogens is 2. The lowest BCUT2D eigenvalue weighted by molar-refractivity contribution is -0.151. The van der Waals surface area contributed by atoms with Crippen molar-refractivity contribution in [1.82, 2.24) is 9.59 Å². The van der Waals surface area contributed by atoms with Gasteiger partial charge in [0.05, 0.1) is 5.75 Å². The van der Waals surface area contributed by atoms with E-state index in [1.54, 1.807) is 0 Å². The number of rotatable bonds is 5. The van der Waals surface area contributed by atoms with Crippen LogP contribution >= 0.6 is 23.3 Å². The number of nitrogens with zero attached hydrogens (tertiary/aromatic N) is 2. The van der Waals surface area contributed by atoms with Crippen LogP contribution in [0.4, 0.5) is 5.00 Å². The van der Waals surface area contributed by atoms with Crippen molar-refractivity contribution in [2.75, 3.05) is 11.2 Å². The van der Waals surface area contributed by atoms with E-state index in [4.69, 9.17) is 10.6 Å². The van der Waals surface area contributed by atoms with Crippen LogP contribution < -0.4 is 11.3 Å². The molecule has 0 bridgehead atoms. The number of ether oxygens (including phenoxy) is 1. The first kappa shape index (κ1) is 14.2. The molecule has 0 saturated heterocycles. The van der Waals surface area contributed by atoms with Crippen molar-refractivity contribution in [2.24, 2.45) is 5.84 Å². The number of carbonyl (C=O) groups is 1. The van der Waals surface area contributed by atoms with Gasteiger partial charge in [-0.05, 0) is 20.8 Å². The van der Waals surface area contributed by atoms with Gasteiger partial charge in [-0.2, -0.15) is 0 Å². The minimum absolute atomic E-state index is 0.229. The summed E-state index contributed by atoms with van der Waals surface area (Å²) in [6, 6.07) is 0. The van der Waals surface area contributed by atoms with E-state index >= 15 is 0 Å². The summed E-state index contributed by atoms with van der Waals surface area (Å²) >= 11 is 2.62. The van der Waals surface area contributed by atoms with Crippen LogP contribution in [0.5, 0.6) is 0 Å². The Bertz CT molecular complexity index is 375. The van der Waals surface area contributed by atoms with Crippen LogP contribution in [0.15, 0.2) is 0 Å². The van der Waals surface area contributed by atoms with Crippen LogP contribution in [-0.2, 0) is 15.3 Å². The molecular formula is C9H16N4O2S2. The second-order valence-electron chi connectivity index (χ2n) is 4.27. The zero-order chi connectivity index (χ0) is 12.9. The number of carbonyl (C=O) groups excluding carboxylic acids is 1. The quantitative estimate of drug-likeness (QED) is 0.477. The molecule has 6 nitrogen and oxygen atoms in total. The fourth-order valence-electron chi connectivity index (χ4n) is 1.01. The van der Waals surface area contributed by atoms with Gasteiger partial charge in [-0.1, -0.05) is 4.49 Å².